The zero-order valence-corrected chi connectivity index (χ0v) is 21.2. The van der Waals surface area contributed by atoms with Crippen molar-refractivity contribution >= 4 is 5.78 Å². The van der Waals surface area contributed by atoms with E-state index >= 15 is 0 Å². The Bertz CT molecular complexity index is 1470. The smallest absolute Gasteiger partial charge is 0.330 e. The summed E-state index contributed by atoms with van der Waals surface area (Å²) in [5.74, 6) is 7.78. The number of aliphatic hydroxyl groups is 3. The molecule has 1 aliphatic heterocycles. The molecule has 3 fully saturated rings. The number of aryl methyl sites for hydroxylation is 1. The summed E-state index contributed by atoms with van der Waals surface area (Å²) in [6.07, 6.45) is 1.76. The van der Waals surface area contributed by atoms with Gasteiger partial charge in [-0.15, -0.1) is 0 Å². The Morgan fingerprint density at radius 3 is 2.68 bits per heavy atom. The third kappa shape index (κ3) is 3.90. The van der Waals surface area contributed by atoms with Gasteiger partial charge in [0, 0.05) is 23.6 Å². The summed E-state index contributed by atoms with van der Waals surface area (Å²) in [7, 11) is 0. The molecule has 0 bridgehead atoms. The predicted octanol–water partition coefficient (Wildman–Crippen LogP) is 0.973. The van der Waals surface area contributed by atoms with Crippen LogP contribution in [0.2, 0.25) is 0 Å². The summed E-state index contributed by atoms with van der Waals surface area (Å²) in [6.45, 7) is 1.65. The van der Waals surface area contributed by atoms with E-state index < -0.39 is 42.4 Å². The first-order valence-electron chi connectivity index (χ1n) is 13.4. The molecule has 4 N–H and O–H groups in total. The van der Waals surface area contributed by atoms with Gasteiger partial charge in [0.25, 0.3) is 5.56 Å². The second-order valence-electron chi connectivity index (χ2n) is 11.4. The monoisotopic (exact) mass is 520 g/mol. The van der Waals surface area contributed by atoms with Crippen molar-refractivity contribution in [3.05, 3.63) is 67.5 Å². The second kappa shape index (κ2) is 9.31. The molecule has 38 heavy (non-hydrogen) atoms. The summed E-state index contributed by atoms with van der Waals surface area (Å²) < 4.78 is 6.41. The molecule has 2 saturated carbocycles. The van der Waals surface area contributed by atoms with E-state index in [4.69, 9.17) is 4.74 Å². The van der Waals surface area contributed by atoms with Crippen LogP contribution in [0.5, 0.6) is 0 Å². The van der Waals surface area contributed by atoms with Gasteiger partial charge in [0.15, 0.2) is 6.23 Å². The van der Waals surface area contributed by atoms with Crippen molar-refractivity contribution in [3.8, 4) is 11.8 Å². The summed E-state index contributed by atoms with van der Waals surface area (Å²) in [5, 5.41) is 29.6. The molecule has 200 valence electrons. The highest BCUT2D eigenvalue weighted by atomic mass is 16.6. The van der Waals surface area contributed by atoms with Gasteiger partial charge in [-0.2, -0.15) is 0 Å². The molecule has 3 aliphatic carbocycles. The van der Waals surface area contributed by atoms with Crippen molar-refractivity contribution in [2.24, 2.45) is 17.3 Å². The molecule has 1 aromatic heterocycles. The van der Waals surface area contributed by atoms with Crippen molar-refractivity contribution in [1.82, 2.24) is 9.55 Å². The second-order valence-corrected chi connectivity index (χ2v) is 11.4. The van der Waals surface area contributed by atoms with Gasteiger partial charge in [-0.25, -0.2) is 4.79 Å². The van der Waals surface area contributed by atoms with Crippen LogP contribution in [0.1, 0.15) is 73.4 Å². The normalized spacial score (nSPS) is 35.7. The van der Waals surface area contributed by atoms with E-state index in [1.807, 2.05) is 6.07 Å². The van der Waals surface area contributed by atoms with Gasteiger partial charge in [-0.1, -0.05) is 24.8 Å². The van der Waals surface area contributed by atoms with Crippen molar-refractivity contribution in [2.75, 3.05) is 6.61 Å². The van der Waals surface area contributed by atoms with Crippen LogP contribution < -0.4 is 11.2 Å². The number of ketones is 1. The molecule has 0 radical (unpaired) electrons. The maximum atomic E-state index is 12.6. The third-order valence-electron chi connectivity index (χ3n) is 9.54. The van der Waals surface area contributed by atoms with Gasteiger partial charge in [0.05, 0.1) is 6.61 Å². The molecule has 8 atom stereocenters. The Kier molecular flexibility index (Phi) is 6.19. The SMILES string of the molecule is C[C@]12CC[C@@H]3c4ccc(C#Cc5cn([C@@H]6O[C@H](CO)[C@@H](O)[C@@H]6O)c(=O)[nH]c5=O)cc4CC[C@H]3[C@@H]1CCC2=O. The lowest BCUT2D eigenvalue weighted by Crippen LogP contribution is -2.42. The van der Waals surface area contributed by atoms with Crippen LogP contribution in [0.25, 0.3) is 0 Å². The molecule has 2 heterocycles. The van der Waals surface area contributed by atoms with E-state index in [0.717, 1.165) is 42.2 Å². The van der Waals surface area contributed by atoms with Crippen molar-refractivity contribution in [2.45, 2.75) is 75.9 Å². The van der Waals surface area contributed by atoms with E-state index in [2.05, 4.69) is 35.9 Å². The minimum Gasteiger partial charge on any atom is -0.394 e. The summed E-state index contributed by atoms with van der Waals surface area (Å²) in [6, 6.07) is 6.17. The maximum absolute atomic E-state index is 12.6. The van der Waals surface area contributed by atoms with Crippen LogP contribution in [-0.2, 0) is 16.0 Å². The van der Waals surface area contributed by atoms with Gasteiger partial charge in [0.2, 0.25) is 0 Å². The average molecular weight is 521 g/mol. The predicted molar refractivity (Wildman–Crippen MR) is 136 cm³/mol. The number of fused-ring (bicyclic) bond motifs is 5. The molecule has 6 rings (SSSR count). The van der Waals surface area contributed by atoms with Gasteiger partial charge in [0.1, 0.15) is 29.7 Å². The highest BCUT2D eigenvalue weighted by Crippen LogP contribution is 2.59. The number of aromatic nitrogens is 2. The number of hydrogen-bond acceptors (Lipinski definition) is 7. The summed E-state index contributed by atoms with van der Waals surface area (Å²) in [5.41, 5.74) is 1.75. The molecular weight excluding hydrogens is 488 g/mol. The zero-order valence-electron chi connectivity index (χ0n) is 21.2. The molecular formula is C29H32N2O7. The molecule has 4 aliphatic rings. The lowest BCUT2D eigenvalue weighted by molar-refractivity contribution is -0.129. The van der Waals surface area contributed by atoms with Crippen LogP contribution in [0.4, 0.5) is 0 Å². The Labute approximate surface area is 219 Å². The van der Waals surface area contributed by atoms with Gasteiger partial charge in [-0.3, -0.25) is 19.1 Å². The molecule has 0 unspecified atom stereocenters. The number of aliphatic hydroxyl groups excluding tert-OH is 3. The number of nitrogens with zero attached hydrogens (tertiary/aromatic N) is 1. The number of hydrogen-bond donors (Lipinski definition) is 4. The minimum absolute atomic E-state index is 0.0117. The van der Waals surface area contributed by atoms with Gasteiger partial charge < -0.3 is 20.1 Å². The van der Waals surface area contributed by atoms with Crippen molar-refractivity contribution < 1.29 is 24.9 Å². The number of Topliss-reactive ketones (excluding diaryl/α,β-unsaturated/α-hetero) is 1. The van der Waals surface area contributed by atoms with Crippen LogP contribution in [-0.4, -0.2) is 55.6 Å². The minimum atomic E-state index is -1.46. The first kappa shape index (κ1) is 25.3. The van der Waals surface area contributed by atoms with Crippen LogP contribution in [0, 0.1) is 29.1 Å². The highest BCUT2D eigenvalue weighted by Gasteiger charge is 2.54. The third-order valence-corrected chi connectivity index (χ3v) is 9.54. The Hall–Kier alpha value is -3.03. The topological polar surface area (TPSA) is 142 Å². The maximum Gasteiger partial charge on any atom is 0.330 e. The van der Waals surface area contributed by atoms with E-state index in [0.29, 0.717) is 30.0 Å². The molecule has 9 heteroatoms. The van der Waals surface area contributed by atoms with Gasteiger partial charge in [-0.05, 0) is 73.1 Å². The van der Waals surface area contributed by atoms with Crippen LogP contribution in [0.3, 0.4) is 0 Å². The fourth-order valence-corrected chi connectivity index (χ4v) is 7.44. The van der Waals surface area contributed by atoms with E-state index in [1.54, 1.807) is 0 Å². The molecule has 0 spiro atoms. The fraction of sp³-hybridized carbons (Fsp3) is 0.552. The number of ether oxygens (including phenoxy) is 1. The van der Waals surface area contributed by atoms with Crippen molar-refractivity contribution in [3.63, 3.8) is 0 Å². The lowest BCUT2D eigenvalue weighted by atomic mass is 9.55. The fourth-order valence-electron chi connectivity index (χ4n) is 7.44. The van der Waals surface area contributed by atoms with Crippen molar-refractivity contribution in [1.29, 1.82) is 0 Å². The van der Waals surface area contributed by atoms with E-state index in [-0.39, 0.29) is 11.0 Å². The number of benzene rings is 1. The standard InChI is InChI=1S/C29H32N2O7/c1-29-11-10-19-18-6-3-15(12-16(18)5-7-20(19)21(29)8-9-23(29)33)2-4-17-13-31(28(37)30-26(17)36)27-25(35)24(34)22(14-32)38-27/h3,6,12-13,19-22,24-25,27,32,34-35H,5,7-11,14H2,1H3,(H,30,36,37)/t19-,20-,21+,22-,24-,25+,27-,29+/m1/s1. The quantitative estimate of drug-likeness (QED) is 0.433. The average Bonchev–Trinajstić information content (AvgIpc) is 3.37. The number of nitrogens with one attached hydrogen (secondary N) is 1. The van der Waals surface area contributed by atoms with E-state index in [9.17, 15) is 29.7 Å². The zero-order chi connectivity index (χ0) is 26.8. The van der Waals surface area contributed by atoms with Crippen LogP contribution >= 0.6 is 0 Å². The highest BCUT2D eigenvalue weighted by molar-refractivity contribution is 5.87. The molecule has 1 saturated heterocycles. The number of H-pyrrole nitrogens is 1. The summed E-state index contributed by atoms with van der Waals surface area (Å²) in [4.78, 5) is 39.6. The van der Waals surface area contributed by atoms with Gasteiger partial charge >= 0.3 is 5.69 Å². The first-order valence-corrected chi connectivity index (χ1v) is 13.4. The Morgan fingerprint density at radius 1 is 1.11 bits per heavy atom. The Morgan fingerprint density at radius 2 is 1.92 bits per heavy atom. The molecule has 0 amide bonds. The van der Waals surface area contributed by atoms with Crippen LogP contribution in [0.15, 0.2) is 34.0 Å². The number of aromatic amines is 1. The Balaban J connectivity index is 1.26. The lowest BCUT2D eigenvalue weighted by Gasteiger charge is -2.48. The number of rotatable bonds is 2. The molecule has 2 aromatic rings. The summed E-state index contributed by atoms with van der Waals surface area (Å²) >= 11 is 0. The van der Waals surface area contributed by atoms with E-state index in [1.165, 1.54) is 17.3 Å². The molecule has 9 nitrogen and oxygen atoms in total. The number of carbonyl (C=O) groups is 1. The number of carbonyl (C=O) groups excluding carboxylic acids is 1. The first-order chi connectivity index (χ1) is 18.2. The largest absolute Gasteiger partial charge is 0.394 e. The molecule has 1 aromatic carbocycles.